The van der Waals surface area contributed by atoms with Crippen molar-refractivity contribution in [3.8, 4) is 11.1 Å². The first-order chi connectivity index (χ1) is 10.7. The van der Waals surface area contributed by atoms with E-state index >= 15 is 0 Å². The molecule has 0 aliphatic rings. The number of rotatable bonds is 7. The van der Waals surface area contributed by atoms with Crippen molar-refractivity contribution in [1.82, 2.24) is 5.32 Å². The van der Waals surface area contributed by atoms with Gasteiger partial charge >= 0.3 is 0 Å². The molecule has 0 atom stereocenters. The van der Waals surface area contributed by atoms with Crippen LogP contribution in [0.15, 0.2) is 54.6 Å². The number of nitrogens with one attached hydrogen (secondary N) is 1. The standard InChI is InChI=1S/C19H21NO2/c1-2-3-13-20-19(22)14-18(21)17-11-9-16(10-12-17)15-7-5-4-6-8-15/h4-12H,2-3,13-14H2,1H3,(H,20,22). The number of ketones is 1. The van der Waals surface area contributed by atoms with Gasteiger partial charge in [-0.1, -0.05) is 67.9 Å². The Morgan fingerprint density at radius 1 is 0.909 bits per heavy atom. The van der Waals surface area contributed by atoms with Gasteiger partial charge in [-0.15, -0.1) is 0 Å². The Balaban J connectivity index is 1.95. The van der Waals surface area contributed by atoms with Crippen LogP contribution in [-0.2, 0) is 4.79 Å². The molecule has 0 radical (unpaired) electrons. The molecule has 0 aromatic heterocycles. The highest BCUT2D eigenvalue weighted by Crippen LogP contribution is 2.19. The molecule has 0 fully saturated rings. The van der Waals surface area contributed by atoms with Crippen molar-refractivity contribution in [3.05, 3.63) is 60.2 Å². The van der Waals surface area contributed by atoms with Gasteiger partial charge in [0.05, 0.1) is 6.42 Å². The number of carbonyl (C=O) groups is 2. The van der Waals surface area contributed by atoms with Gasteiger partial charge in [0.25, 0.3) is 0 Å². The molecule has 0 aliphatic heterocycles. The Morgan fingerprint density at radius 3 is 2.18 bits per heavy atom. The summed E-state index contributed by atoms with van der Waals surface area (Å²) in [7, 11) is 0. The fourth-order valence-corrected chi connectivity index (χ4v) is 2.19. The molecule has 0 unspecified atom stereocenters. The van der Waals surface area contributed by atoms with Crippen LogP contribution < -0.4 is 5.32 Å². The van der Waals surface area contributed by atoms with Crippen LogP contribution in [0.2, 0.25) is 0 Å². The highest BCUT2D eigenvalue weighted by atomic mass is 16.2. The Hall–Kier alpha value is -2.42. The summed E-state index contributed by atoms with van der Waals surface area (Å²) in [5.41, 5.74) is 2.74. The highest BCUT2D eigenvalue weighted by molar-refractivity contribution is 6.07. The lowest BCUT2D eigenvalue weighted by Gasteiger charge is -2.05. The minimum atomic E-state index is -0.203. The molecule has 0 aliphatic carbocycles. The van der Waals surface area contributed by atoms with Crippen LogP contribution >= 0.6 is 0 Å². The number of carbonyl (C=O) groups excluding carboxylic acids is 2. The molecule has 0 spiro atoms. The van der Waals surface area contributed by atoms with Crippen LogP contribution in [0.3, 0.4) is 0 Å². The van der Waals surface area contributed by atoms with Crippen molar-refractivity contribution in [1.29, 1.82) is 0 Å². The second kappa shape index (κ2) is 8.13. The lowest BCUT2D eigenvalue weighted by atomic mass is 10.0. The fraction of sp³-hybridized carbons (Fsp3) is 0.263. The van der Waals surface area contributed by atoms with Gasteiger partial charge in [-0.3, -0.25) is 9.59 Å². The summed E-state index contributed by atoms with van der Waals surface area (Å²) in [5, 5.41) is 2.76. The fourth-order valence-electron chi connectivity index (χ4n) is 2.19. The molecule has 1 N–H and O–H groups in total. The maximum absolute atomic E-state index is 12.1. The third-order valence-electron chi connectivity index (χ3n) is 3.49. The van der Waals surface area contributed by atoms with Crippen molar-refractivity contribution in [2.75, 3.05) is 6.54 Å². The van der Waals surface area contributed by atoms with E-state index in [4.69, 9.17) is 0 Å². The minimum Gasteiger partial charge on any atom is -0.356 e. The first kappa shape index (κ1) is 16.0. The zero-order valence-electron chi connectivity index (χ0n) is 12.8. The summed E-state index contributed by atoms with van der Waals surface area (Å²) >= 11 is 0. The zero-order valence-corrected chi connectivity index (χ0v) is 12.8. The predicted molar refractivity (Wildman–Crippen MR) is 88.7 cm³/mol. The maximum Gasteiger partial charge on any atom is 0.227 e. The molecule has 114 valence electrons. The SMILES string of the molecule is CCCCNC(=O)CC(=O)c1ccc(-c2ccccc2)cc1. The first-order valence-electron chi connectivity index (χ1n) is 7.66. The van der Waals surface area contributed by atoms with E-state index < -0.39 is 0 Å². The quantitative estimate of drug-likeness (QED) is 0.479. The van der Waals surface area contributed by atoms with Crippen LogP contribution in [0.1, 0.15) is 36.5 Å². The van der Waals surface area contributed by atoms with E-state index in [1.54, 1.807) is 12.1 Å². The molecule has 0 heterocycles. The normalized spacial score (nSPS) is 10.2. The second-order valence-electron chi connectivity index (χ2n) is 5.25. The van der Waals surface area contributed by atoms with E-state index in [0.29, 0.717) is 12.1 Å². The van der Waals surface area contributed by atoms with Gasteiger partial charge < -0.3 is 5.32 Å². The number of benzene rings is 2. The molecule has 1 amide bonds. The molecule has 0 saturated carbocycles. The summed E-state index contributed by atoms with van der Waals surface area (Å²) < 4.78 is 0. The number of Topliss-reactive ketones (excluding diaryl/α,β-unsaturated/α-hetero) is 1. The van der Waals surface area contributed by atoms with Crippen LogP contribution in [0.4, 0.5) is 0 Å². The summed E-state index contributed by atoms with van der Waals surface area (Å²) in [5.74, 6) is -0.348. The minimum absolute atomic E-state index is 0.0889. The summed E-state index contributed by atoms with van der Waals surface area (Å²) in [4.78, 5) is 23.7. The molecular weight excluding hydrogens is 274 g/mol. The Labute approximate surface area is 131 Å². The number of unbranched alkanes of at least 4 members (excludes halogenated alkanes) is 1. The molecule has 2 rings (SSSR count). The van der Waals surface area contributed by atoms with E-state index in [9.17, 15) is 9.59 Å². The zero-order chi connectivity index (χ0) is 15.8. The molecule has 0 saturated heterocycles. The summed E-state index contributed by atoms with van der Waals surface area (Å²) in [6.45, 7) is 2.70. The Bertz CT molecular complexity index is 618. The van der Waals surface area contributed by atoms with Crippen LogP contribution in [-0.4, -0.2) is 18.2 Å². The molecular formula is C19H21NO2. The molecule has 3 nitrogen and oxygen atoms in total. The average Bonchev–Trinajstić information content (AvgIpc) is 2.56. The number of hydrogen-bond donors (Lipinski definition) is 1. The van der Waals surface area contributed by atoms with Crippen molar-refractivity contribution in [2.24, 2.45) is 0 Å². The van der Waals surface area contributed by atoms with E-state index in [-0.39, 0.29) is 18.1 Å². The van der Waals surface area contributed by atoms with Gasteiger partial charge in [0.1, 0.15) is 0 Å². The van der Waals surface area contributed by atoms with Gasteiger partial charge in [0.15, 0.2) is 5.78 Å². The lowest BCUT2D eigenvalue weighted by Crippen LogP contribution is -2.26. The molecule has 22 heavy (non-hydrogen) atoms. The maximum atomic E-state index is 12.1. The van der Waals surface area contributed by atoms with Crippen LogP contribution in [0, 0.1) is 0 Å². The topological polar surface area (TPSA) is 46.2 Å². The summed E-state index contributed by atoms with van der Waals surface area (Å²) in [6, 6.07) is 17.4. The van der Waals surface area contributed by atoms with E-state index in [1.165, 1.54) is 0 Å². The molecule has 2 aromatic carbocycles. The van der Waals surface area contributed by atoms with Gasteiger partial charge in [-0.2, -0.15) is 0 Å². The van der Waals surface area contributed by atoms with E-state index in [2.05, 4.69) is 12.2 Å². The summed E-state index contributed by atoms with van der Waals surface area (Å²) in [6.07, 6.45) is 1.87. The Morgan fingerprint density at radius 2 is 1.55 bits per heavy atom. The van der Waals surface area contributed by atoms with Crippen molar-refractivity contribution < 1.29 is 9.59 Å². The third-order valence-corrected chi connectivity index (χ3v) is 3.49. The third kappa shape index (κ3) is 4.55. The Kier molecular flexibility index (Phi) is 5.90. The van der Waals surface area contributed by atoms with Crippen molar-refractivity contribution in [3.63, 3.8) is 0 Å². The van der Waals surface area contributed by atoms with Crippen LogP contribution in [0.5, 0.6) is 0 Å². The largest absolute Gasteiger partial charge is 0.356 e. The van der Waals surface area contributed by atoms with Crippen molar-refractivity contribution >= 4 is 11.7 Å². The van der Waals surface area contributed by atoms with Gasteiger partial charge in [-0.25, -0.2) is 0 Å². The molecule has 0 bridgehead atoms. The number of amides is 1. The van der Waals surface area contributed by atoms with Crippen LogP contribution in [0.25, 0.3) is 11.1 Å². The van der Waals surface area contributed by atoms with E-state index in [0.717, 1.165) is 24.0 Å². The van der Waals surface area contributed by atoms with Gasteiger partial charge in [0, 0.05) is 12.1 Å². The molecule has 3 heteroatoms. The second-order valence-corrected chi connectivity index (χ2v) is 5.25. The lowest BCUT2D eigenvalue weighted by molar-refractivity contribution is -0.120. The smallest absolute Gasteiger partial charge is 0.227 e. The average molecular weight is 295 g/mol. The van der Waals surface area contributed by atoms with Gasteiger partial charge in [-0.05, 0) is 17.5 Å². The molecule has 2 aromatic rings. The van der Waals surface area contributed by atoms with Gasteiger partial charge in [0.2, 0.25) is 5.91 Å². The first-order valence-corrected chi connectivity index (χ1v) is 7.66. The predicted octanol–water partition coefficient (Wildman–Crippen LogP) is 3.84. The van der Waals surface area contributed by atoms with E-state index in [1.807, 2.05) is 42.5 Å². The van der Waals surface area contributed by atoms with Crippen molar-refractivity contribution in [2.45, 2.75) is 26.2 Å². The number of hydrogen-bond acceptors (Lipinski definition) is 2. The highest BCUT2D eigenvalue weighted by Gasteiger charge is 2.11. The monoisotopic (exact) mass is 295 g/mol.